The summed E-state index contributed by atoms with van der Waals surface area (Å²) in [6.45, 7) is 2.22. The van der Waals surface area contributed by atoms with E-state index in [1.165, 1.54) is 11.1 Å². The first-order chi connectivity index (χ1) is 14.6. The summed E-state index contributed by atoms with van der Waals surface area (Å²) in [4.78, 5) is 29.4. The minimum absolute atomic E-state index is 0.0411. The Labute approximate surface area is 176 Å². The second-order valence-corrected chi connectivity index (χ2v) is 7.46. The molecule has 1 aliphatic rings. The summed E-state index contributed by atoms with van der Waals surface area (Å²) in [5, 5.41) is 2.85. The minimum Gasteiger partial charge on any atom is -0.467 e. The fourth-order valence-electron chi connectivity index (χ4n) is 3.75. The van der Waals surface area contributed by atoms with Crippen molar-refractivity contribution in [2.24, 2.45) is 0 Å². The number of anilines is 1. The van der Waals surface area contributed by atoms with Crippen LogP contribution in [0.3, 0.4) is 0 Å². The van der Waals surface area contributed by atoms with Crippen LogP contribution in [0.15, 0.2) is 71.3 Å². The lowest BCUT2D eigenvalue weighted by Gasteiger charge is -2.30. The van der Waals surface area contributed by atoms with E-state index in [0.29, 0.717) is 30.1 Å². The Morgan fingerprint density at radius 1 is 1.03 bits per heavy atom. The highest BCUT2D eigenvalue weighted by molar-refractivity contribution is 6.05. The molecule has 2 amide bonds. The van der Waals surface area contributed by atoms with Crippen molar-refractivity contribution in [3.8, 4) is 0 Å². The molecule has 30 heavy (non-hydrogen) atoms. The minimum atomic E-state index is -0.242. The van der Waals surface area contributed by atoms with E-state index in [1.54, 1.807) is 48.5 Å². The van der Waals surface area contributed by atoms with Crippen LogP contribution in [0.25, 0.3) is 0 Å². The highest BCUT2D eigenvalue weighted by atomic mass is 16.3. The summed E-state index contributed by atoms with van der Waals surface area (Å²) in [6, 6.07) is 19.1. The van der Waals surface area contributed by atoms with E-state index >= 15 is 0 Å². The lowest BCUT2D eigenvalue weighted by molar-refractivity contribution is -0.119. The molecule has 0 spiro atoms. The van der Waals surface area contributed by atoms with Crippen molar-refractivity contribution in [2.45, 2.75) is 19.5 Å². The molecular formula is C24H25N3O3. The van der Waals surface area contributed by atoms with Crippen molar-refractivity contribution in [1.82, 2.24) is 10.2 Å². The average Bonchev–Trinajstić information content (AvgIpc) is 3.30. The summed E-state index contributed by atoms with van der Waals surface area (Å²) in [5.41, 5.74) is 3.69. The topological polar surface area (TPSA) is 65.8 Å². The van der Waals surface area contributed by atoms with Gasteiger partial charge in [0.1, 0.15) is 5.76 Å². The van der Waals surface area contributed by atoms with Crippen LogP contribution in [0.4, 0.5) is 5.69 Å². The van der Waals surface area contributed by atoms with Crippen LogP contribution < -0.4 is 10.2 Å². The number of fused-ring (bicyclic) bond motifs is 1. The summed E-state index contributed by atoms with van der Waals surface area (Å²) in [7, 11) is 1.72. The number of furan rings is 1. The van der Waals surface area contributed by atoms with E-state index in [-0.39, 0.29) is 11.8 Å². The lowest BCUT2D eigenvalue weighted by Crippen LogP contribution is -2.41. The number of carbonyl (C=O) groups is 2. The van der Waals surface area contributed by atoms with Gasteiger partial charge in [-0.05, 0) is 41.8 Å². The van der Waals surface area contributed by atoms with E-state index in [2.05, 4.69) is 28.4 Å². The molecule has 2 aromatic carbocycles. The zero-order valence-electron chi connectivity index (χ0n) is 17.0. The number of nitrogens with one attached hydrogen (secondary N) is 1. The number of benzene rings is 2. The van der Waals surface area contributed by atoms with Gasteiger partial charge in [0.25, 0.3) is 5.91 Å². The molecule has 0 saturated heterocycles. The fraction of sp³-hybridized carbons (Fsp3) is 0.250. The van der Waals surface area contributed by atoms with Crippen molar-refractivity contribution in [3.05, 3.63) is 89.4 Å². The first kappa shape index (κ1) is 19.9. The molecule has 2 heterocycles. The number of amides is 2. The Bertz CT molecular complexity index is 1030. The van der Waals surface area contributed by atoms with Gasteiger partial charge in [-0.15, -0.1) is 0 Å². The van der Waals surface area contributed by atoms with Gasteiger partial charge in [0.15, 0.2) is 0 Å². The first-order valence-corrected chi connectivity index (χ1v) is 10.1. The zero-order valence-corrected chi connectivity index (χ0v) is 17.0. The molecule has 0 radical (unpaired) electrons. The molecule has 1 aliphatic heterocycles. The molecule has 0 fully saturated rings. The third-order valence-electron chi connectivity index (χ3n) is 5.46. The number of hydrogen-bond acceptors (Lipinski definition) is 4. The van der Waals surface area contributed by atoms with Crippen molar-refractivity contribution in [3.63, 3.8) is 0 Å². The van der Waals surface area contributed by atoms with Crippen LogP contribution >= 0.6 is 0 Å². The van der Waals surface area contributed by atoms with Crippen LogP contribution in [0.2, 0.25) is 0 Å². The van der Waals surface area contributed by atoms with Gasteiger partial charge >= 0.3 is 0 Å². The Morgan fingerprint density at radius 3 is 2.60 bits per heavy atom. The lowest BCUT2D eigenvalue weighted by atomic mass is 10.00. The second kappa shape index (κ2) is 8.97. The summed E-state index contributed by atoms with van der Waals surface area (Å²) in [6.07, 6.45) is 2.51. The molecule has 6 nitrogen and oxygen atoms in total. The maximum absolute atomic E-state index is 13.0. The van der Waals surface area contributed by atoms with E-state index in [4.69, 9.17) is 4.42 Å². The van der Waals surface area contributed by atoms with Crippen molar-refractivity contribution < 1.29 is 14.0 Å². The van der Waals surface area contributed by atoms with Gasteiger partial charge in [0, 0.05) is 20.1 Å². The van der Waals surface area contributed by atoms with E-state index < -0.39 is 0 Å². The standard InChI is InChI=1S/C24H25N3O3/c1-26(23(28)17-27-13-12-18-7-2-3-8-19(18)16-27)22-11-5-4-10-21(22)24(29)25-15-20-9-6-14-30-20/h2-11,14H,12-13,15-17H2,1H3,(H,25,29). The molecule has 4 rings (SSSR count). The molecular weight excluding hydrogens is 378 g/mol. The Hall–Kier alpha value is -3.38. The van der Waals surface area contributed by atoms with Gasteiger partial charge in [-0.1, -0.05) is 36.4 Å². The molecule has 0 aliphatic carbocycles. The quantitative estimate of drug-likeness (QED) is 0.686. The predicted molar refractivity (Wildman–Crippen MR) is 115 cm³/mol. The second-order valence-electron chi connectivity index (χ2n) is 7.46. The SMILES string of the molecule is CN(C(=O)CN1CCc2ccccc2C1)c1ccccc1C(=O)NCc1ccco1. The number of hydrogen-bond donors (Lipinski definition) is 1. The Kier molecular flexibility index (Phi) is 5.95. The summed E-state index contributed by atoms with van der Waals surface area (Å²) < 4.78 is 5.26. The molecule has 3 aromatic rings. The monoisotopic (exact) mass is 403 g/mol. The molecule has 1 N–H and O–H groups in total. The molecule has 6 heteroatoms. The first-order valence-electron chi connectivity index (χ1n) is 10.1. The molecule has 1 aromatic heterocycles. The zero-order chi connectivity index (χ0) is 20.9. The van der Waals surface area contributed by atoms with Crippen LogP contribution in [-0.2, 0) is 24.3 Å². The number of rotatable bonds is 6. The van der Waals surface area contributed by atoms with Gasteiger partial charge < -0.3 is 14.6 Å². The van der Waals surface area contributed by atoms with Gasteiger partial charge in [-0.3, -0.25) is 14.5 Å². The predicted octanol–water partition coefficient (Wildman–Crippen LogP) is 3.23. The maximum Gasteiger partial charge on any atom is 0.253 e. The highest BCUT2D eigenvalue weighted by Gasteiger charge is 2.23. The molecule has 0 bridgehead atoms. The van der Waals surface area contributed by atoms with Gasteiger partial charge in [-0.25, -0.2) is 0 Å². The third kappa shape index (κ3) is 4.44. The maximum atomic E-state index is 13.0. The summed E-state index contributed by atoms with van der Waals surface area (Å²) in [5.74, 6) is 0.393. The number of carbonyl (C=O) groups excluding carboxylic acids is 2. The third-order valence-corrected chi connectivity index (χ3v) is 5.46. The average molecular weight is 403 g/mol. The van der Waals surface area contributed by atoms with Crippen molar-refractivity contribution in [1.29, 1.82) is 0 Å². The highest BCUT2D eigenvalue weighted by Crippen LogP contribution is 2.22. The largest absolute Gasteiger partial charge is 0.467 e. The normalized spacial score (nSPS) is 13.5. The molecule has 154 valence electrons. The van der Waals surface area contributed by atoms with E-state index in [0.717, 1.165) is 19.5 Å². The van der Waals surface area contributed by atoms with Crippen LogP contribution in [0, 0.1) is 0 Å². The van der Waals surface area contributed by atoms with Gasteiger partial charge in [0.2, 0.25) is 5.91 Å². The fourth-order valence-corrected chi connectivity index (χ4v) is 3.75. The Balaban J connectivity index is 1.42. The van der Waals surface area contributed by atoms with Crippen molar-refractivity contribution >= 4 is 17.5 Å². The molecule has 0 atom stereocenters. The van der Waals surface area contributed by atoms with Crippen LogP contribution in [0.5, 0.6) is 0 Å². The summed E-state index contributed by atoms with van der Waals surface area (Å²) >= 11 is 0. The number of likely N-dealkylation sites (N-methyl/N-ethyl adjacent to an activating group) is 1. The number of para-hydroxylation sites is 1. The van der Waals surface area contributed by atoms with E-state index in [1.807, 2.05) is 12.1 Å². The van der Waals surface area contributed by atoms with Gasteiger partial charge in [-0.2, -0.15) is 0 Å². The molecule has 0 saturated carbocycles. The van der Waals surface area contributed by atoms with Crippen LogP contribution in [-0.4, -0.2) is 36.9 Å². The van der Waals surface area contributed by atoms with E-state index in [9.17, 15) is 9.59 Å². The Morgan fingerprint density at radius 2 is 1.80 bits per heavy atom. The number of nitrogens with zero attached hydrogens (tertiary/aromatic N) is 2. The molecule has 0 unspecified atom stereocenters. The smallest absolute Gasteiger partial charge is 0.253 e. The van der Waals surface area contributed by atoms with Crippen molar-refractivity contribution in [2.75, 3.05) is 25.0 Å². The van der Waals surface area contributed by atoms with Crippen LogP contribution in [0.1, 0.15) is 27.2 Å². The van der Waals surface area contributed by atoms with Gasteiger partial charge in [0.05, 0.1) is 30.6 Å².